The van der Waals surface area contributed by atoms with E-state index in [1.807, 2.05) is 0 Å². The second-order valence-electron chi connectivity index (χ2n) is 6.91. The summed E-state index contributed by atoms with van der Waals surface area (Å²) in [5.41, 5.74) is 16.7. The zero-order chi connectivity index (χ0) is 18.2. The molecular weight excluding hydrogens is 316 g/mol. The second kappa shape index (κ2) is 9.33. The Kier molecular flexibility index (Phi) is 6.59. The first-order chi connectivity index (χ1) is 12.7. The van der Waals surface area contributed by atoms with Crippen molar-refractivity contribution in [2.45, 2.75) is 37.8 Å². The van der Waals surface area contributed by atoms with E-state index in [-0.39, 0.29) is 12.1 Å². The summed E-state index contributed by atoms with van der Waals surface area (Å²) in [5, 5.41) is 0. The van der Waals surface area contributed by atoms with E-state index < -0.39 is 0 Å². The monoisotopic (exact) mass is 344 g/mol. The van der Waals surface area contributed by atoms with Crippen LogP contribution in [0.25, 0.3) is 0 Å². The van der Waals surface area contributed by atoms with Crippen molar-refractivity contribution in [1.82, 2.24) is 0 Å². The fraction of sp³-hybridized carbons (Fsp3) is 0.250. The van der Waals surface area contributed by atoms with Gasteiger partial charge >= 0.3 is 0 Å². The fourth-order valence-corrected chi connectivity index (χ4v) is 3.51. The van der Waals surface area contributed by atoms with Crippen molar-refractivity contribution in [1.29, 1.82) is 0 Å². The lowest BCUT2D eigenvalue weighted by molar-refractivity contribution is 0.580. The molecule has 0 heterocycles. The topological polar surface area (TPSA) is 52.0 Å². The van der Waals surface area contributed by atoms with E-state index in [0.717, 1.165) is 25.7 Å². The van der Waals surface area contributed by atoms with Gasteiger partial charge in [0.05, 0.1) is 6.17 Å². The van der Waals surface area contributed by atoms with Gasteiger partial charge in [0.1, 0.15) is 0 Å². The van der Waals surface area contributed by atoms with Crippen LogP contribution in [0.4, 0.5) is 0 Å². The first-order valence-electron chi connectivity index (χ1n) is 9.44. The first-order valence-corrected chi connectivity index (χ1v) is 9.44. The smallest absolute Gasteiger partial charge is 0.0520 e. The number of nitrogens with two attached hydrogens (primary N) is 2. The Morgan fingerprint density at radius 1 is 0.615 bits per heavy atom. The predicted octanol–water partition coefficient (Wildman–Crippen LogP) is 4.82. The van der Waals surface area contributed by atoms with Gasteiger partial charge in [-0.1, -0.05) is 91.3 Å². The van der Waals surface area contributed by atoms with Crippen LogP contribution in [-0.4, -0.2) is 6.17 Å². The molecule has 0 spiro atoms. The maximum atomic E-state index is 5.64. The summed E-state index contributed by atoms with van der Waals surface area (Å²) in [7, 11) is 0. The van der Waals surface area contributed by atoms with Crippen molar-refractivity contribution in [3.63, 3.8) is 0 Å². The molecular formula is C24H28N2. The van der Waals surface area contributed by atoms with E-state index in [2.05, 4.69) is 84.9 Å². The Balaban J connectivity index is 1.84. The minimum atomic E-state index is -0.193. The lowest BCUT2D eigenvalue weighted by Crippen LogP contribution is -2.29. The van der Waals surface area contributed by atoms with Gasteiger partial charge in [0.2, 0.25) is 0 Å². The van der Waals surface area contributed by atoms with Gasteiger partial charge < -0.3 is 11.5 Å². The van der Waals surface area contributed by atoms with Crippen molar-refractivity contribution in [3.05, 3.63) is 107 Å². The van der Waals surface area contributed by atoms with Crippen molar-refractivity contribution in [2.24, 2.45) is 11.5 Å². The van der Waals surface area contributed by atoms with E-state index in [0.29, 0.717) is 0 Å². The SMILES string of the molecule is NC(N)CCCCc1cccc(C(c2ccccc2)c2ccccc2)c1. The molecule has 0 aliphatic rings. The van der Waals surface area contributed by atoms with Crippen LogP contribution < -0.4 is 11.5 Å². The number of hydrogen-bond donors (Lipinski definition) is 2. The summed E-state index contributed by atoms with van der Waals surface area (Å²) in [6, 6.07) is 30.5. The van der Waals surface area contributed by atoms with Crippen LogP contribution in [0.2, 0.25) is 0 Å². The lowest BCUT2D eigenvalue weighted by Gasteiger charge is -2.19. The van der Waals surface area contributed by atoms with Crippen molar-refractivity contribution in [2.75, 3.05) is 0 Å². The third kappa shape index (κ3) is 5.04. The summed E-state index contributed by atoms with van der Waals surface area (Å²) in [6.07, 6.45) is 3.95. The van der Waals surface area contributed by atoms with Gasteiger partial charge in [0, 0.05) is 5.92 Å². The highest BCUT2D eigenvalue weighted by molar-refractivity contribution is 5.44. The minimum absolute atomic E-state index is 0.193. The highest BCUT2D eigenvalue weighted by Gasteiger charge is 2.16. The molecule has 26 heavy (non-hydrogen) atoms. The molecule has 0 saturated carbocycles. The molecule has 0 unspecified atom stereocenters. The molecule has 3 rings (SSSR count). The summed E-state index contributed by atoms with van der Waals surface area (Å²) in [6.45, 7) is 0. The van der Waals surface area contributed by atoms with Crippen LogP contribution in [0, 0.1) is 0 Å². The summed E-state index contributed by atoms with van der Waals surface area (Å²) in [4.78, 5) is 0. The van der Waals surface area contributed by atoms with Crippen LogP contribution in [0.5, 0.6) is 0 Å². The zero-order valence-electron chi connectivity index (χ0n) is 15.2. The normalized spacial score (nSPS) is 11.2. The standard InChI is InChI=1S/C24H28N2/c25-23(26)17-8-7-10-19-11-9-16-22(18-19)24(20-12-3-1-4-13-20)21-14-5-2-6-15-21/h1-6,9,11-16,18,23-24H,7-8,10,17,25-26H2. The van der Waals surface area contributed by atoms with Crippen molar-refractivity contribution < 1.29 is 0 Å². The first kappa shape index (κ1) is 18.4. The quantitative estimate of drug-likeness (QED) is 0.349. The second-order valence-corrected chi connectivity index (χ2v) is 6.91. The van der Waals surface area contributed by atoms with Gasteiger partial charge in [-0.05, 0) is 41.5 Å². The fourth-order valence-electron chi connectivity index (χ4n) is 3.51. The highest BCUT2D eigenvalue weighted by Crippen LogP contribution is 2.32. The molecule has 0 bridgehead atoms. The number of rotatable bonds is 8. The maximum absolute atomic E-state index is 5.64. The van der Waals surface area contributed by atoms with Crippen LogP contribution in [-0.2, 0) is 6.42 Å². The summed E-state index contributed by atoms with van der Waals surface area (Å²) < 4.78 is 0. The van der Waals surface area contributed by atoms with Gasteiger partial charge in [-0.3, -0.25) is 0 Å². The number of benzene rings is 3. The van der Waals surface area contributed by atoms with Crippen molar-refractivity contribution >= 4 is 0 Å². The van der Waals surface area contributed by atoms with Gasteiger partial charge in [-0.15, -0.1) is 0 Å². The Bertz CT molecular complexity index is 742. The van der Waals surface area contributed by atoms with Crippen LogP contribution in [0.1, 0.15) is 47.4 Å². The minimum Gasteiger partial charge on any atom is -0.316 e. The average Bonchev–Trinajstić information content (AvgIpc) is 2.67. The molecule has 3 aromatic rings. The Morgan fingerprint density at radius 3 is 1.77 bits per heavy atom. The van der Waals surface area contributed by atoms with E-state index in [1.54, 1.807) is 0 Å². The number of hydrogen-bond acceptors (Lipinski definition) is 2. The molecule has 3 aromatic carbocycles. The van der Waals surface area contributed by atoms with Crippen LogP contribution in [0.15, 0.2) is 84.9 Å². The largest absolute Gasteiger partial charge is 0.316 e. The molecule has 2 nitrogen and oxygen atoms in total. The van der Waals surface area contributed by atoms with E-state index >= 15 is 0 Å². The zero-order valence-corrected chi connectivity index (χ0v) is 15.2. The molecule has 0 atom stereocenters. The van der Waals surface area contributed by atoms with Crippen LogP contribution in [0.3, 0.4) is 0 Å². The molecule has 0 fully saturated rings. The summed E-state index contributed by atoms with van der Waals surface area (Å²) in [5.74, 6) is 0.259. The Morgan fingerprint density at radius 2 is 1.19 bits per heavy atom. The average molecular weight is 345 g/mol. The lowest BCUT2D eigenvalue weighted by atomic mass is 9.84. The predicted molar refractivity (Wildman–Crippen MR) is 110 cm³/mol. The third-order valence-electron chi connectivity index (χ3n) is 4.80. The molecule has 0 aliphatic carbocycles. The molecule has 134 valence electrons. The Hall–Kier alpha value is -2.42. The highest BCUT2D eigenvalue weighted by atomic mass is 14.8. The molecule has 4 N–H and O–H groups in total. The van der Waals surface area contributed by atoms with E-state index in [4.69, 9.17) is 11.5 Å². The summed E-state index contributed by atoms with van der Waals surface area (Å²) >= 11 is 0. The molecule has 2 heteroatoms. The third-order valence-corrected chi connectivity index (χ3v) is 4.80. The van der Waals surface area contributed by atoms with Gasteiger partial charge in [-0.2, -0.15) is 0 Å². The van der Waals surface area contributed by atoms with Gasteiger partial charge in [0.25, 0.3) is 0 Å². The molecule has 0 amide bonds. The van der Waals surface area contributed by atoms with Crippen LogP contribution >= 0.6 is 0 Å². The van der Waals surface area contributed by atoms with E-state index in [9.17, 15) is 0 Å². The van der Waals surface area contributed by atoms with Crippen molar-refractivity contribution in [3.8, 4) is 0 Å². The molecule has 0 aliphatic heterocycles. The molecule has 0 aromatic heterocycles. The maximum Gasteiger partial charge on any atom is 0.0520 e. The van der Waals surface area contributed by atoms with Gasteiger partial charge in [-0.25, -0.2) is 0 Å². The Labute approximate surface area is 156 Å². The molecule has 0 radical (unpaired) electrons. The molecule has 0 saturated heterocycles. The van der Waals surface area contributed by atoms with Gasteiger partial charge in [0.15, 0.2) is 0 Å². The van der Waals surface area contributed by atoms with E-state index in [1.165, 1.54) is 22.3 Å². The number of aryl methyl sites for hydroxylation is 1. The number of unbranched alkanes of at least 4 members (excludes halogenated alkanes) is 1.